The van der Waals surface area contributed by atoms with Gasteiger partial charge in [-0.25, -0.2) is 4.79 Å². The number of nitrogens with two attached hydrogens (primary N) is 1. The number of carbonyl (C=O) groups is 2. The quantitative estimate of drug-likeness (QED) is 0.578. The van der Waals surface area contributed by atoms with Crippen molar-refractivity contribution in [3.8, 4) is 0 Å². The van der Waals surface area contributed by atoms with E-state index in [1.807, 2.05) is 0 Å². The van der Waals surface area contributed by atoms with Gasteiger partial charge in [0.15, 0.2) is 0 Å². The molecule has 0 heterocycles. The average Bonchev–Trinajstić information content (AvgIpc) is 2.81. The van der Waals surface area contributed by atoms with E-state index in [0.717, 1.165) is 38.5 Å². The Kier molecular flexibility index (Phi) is 5.97. The molecule has 0 radical (unpaired) electrons. The highest BCUT2D eigenvalue weighted by molar-refractivity contribution is 5.85. The Morgan fingerprint density at radius 3 is 2.47 bits per heavy atom. The van der Waals surface area contributed by atoms with Crippen molar-refractivity contribution in [3.05, 3.63) is 0 Å². The number of carboxylic acids is 1. The maximum absolute atomic E-state index is 11.8. The van der Waals surface area contributed by atoms with Crippen LogP contribution in [0.2, 0.25) is 0 Å². The van der Waals surface area contributed by atoms with Crippen molar-refractivity contribution in [2.24, 2.45) is 11.7 Å². The molecule has 0 aromatic heterocycles. The van der Waals surface area contributed by atoms with Crippen molar-refractivity contribution in [3.63, 3.8) is 0 Å². The van der Waals surface area contributed by atoms with E-state index in [0.29, 0.717) is 13.0 Å². The topological polar surface area (TPSA) is 92.4 Å². The number of rotatable bonds is 7. The van der Waals surface area contributed by atoms with Gasteiger partial charge in [0.25, 0.3) is 0 Å². The Bertz CT molecular complexity index is 262. The zero-order chi connectivity index (χ0) is 12.7. The first-order valence-electron chi connectivity index (χ1n) is 6.38. The normalized spacial score (nSPS) is 17.9. The van der Waals surface area contributed by atoms with E-state index in [2.05, 4.69) is 5.32 Å². The molecule has 1 rings (SSSR count). The van der Waals surface area contributed by atoms with Gasteiger partial charge in [0.05, 0.1) is 0 Å². The molecular formula is C12H22N2O3. The fraction of sp³-hybridized carbons (Fsp3) is 0.833. The molecule has 1 aliphatic carbocycles. The SMILES string of the molecule is NCCCC[C@H](NC(=O)C1CCCC1)C(=O)O. The third-order valence-corrected chi connectivity index (χ3v) is 3.29. The van der Waals surface area contributed by atoms with Crippen molar-refractivity contribution in [1.82, 2.24) is 5.32 Å². The maximum Gasteiger partial charge on any atom is 0.326 e. The summed E-state index contributed by atoms with van der Waals surface area (Å²) in [7, 11) is 0. The van der Waals surface area contributed by atoms with E-state index >= 15 is 0 Å². The molecule has 0 aromatic rings. The predicted molar refractivity (Wildman–Crippen MR) is 64.4 cm³/mol. The van der Waals surface area contributed by atoms with Crippen LogP contribution in [-0.2, 0) is 9.59 Å². The van der Waals surface area contributed by atoms with E-state index in [4.69, 9.17) is 10.8 Å². The van der Waals surface area contributed by atoms with Crippen LogP contribution in [0.25, 0.3) is 0 Å². The zero-order valence-electron chi connectivity index (χ0n) is 10.2. The smallest absolute Gasteiger partial charge is 0.326 e. The monoisotopic (exact) mass is 242 g/mol. The second-order valence-electron chi connectivity index (χ2n) is 4.67. The molecule has 0 aliphatic heterocycles. The Labute approximate surface area is 102 Å². The minimum absolute atomic E-state index is 0.0198. The summed E-state index contributed by atoms with van der Waals surface area (Å²) in [4.78, 5) is 22.8. The molecule has 1 saturated carbocycles. The molecule has 0 unspecified atom stereocenters. The van der Waals surface area contributed by atoms with Gasteiger partial charge in [-0.05, 0) is 38.6 Å². The van der Waals surface area contributed by atoms with Crippen LogP contribution in [0.3, 0.4) is 0 Å². The molecule has 5 heteroatoms. The van der Waals surface area contributed by atoms with Crippen molar-refractivity contribution in [1.29, 1.82) is 0 Å². The van der Waals surface area contributed by atoms with Crippen LogP contribution in [0.1, 0.15) is 44.9 Å². The summed E-state index contributed by atoms with van der Waals surface area (Å²) in [6.45, 7) is 0.558. The third kappa shape index (κ3) is 4.73. The molecule has 0 bridgehead atoms. The van der Waals surface area contributed by atoms with Gasteiger partial charge in [0, 0.05) is 5.92 Å². The first-order valence-corrected chi connectivity index (χ1v) is 6.38. The zero-order valence-corrected chi connectivity index (χ0v) is 10.2. The molecule has 1 amide bonds. The second kappa shape index (κ2) is 7.27. The lowest BCUT2D eigenvalue weighted by atomic mass is 10.1. The van der Waals surface area contributed by atoms with Gasteiger partial charge in [-0.1, -0.05) is 12.8 Å². The fourth-order valence-electron chi connectivity index (χ4n) is 2.23. The van der Waals surface area contributed by atoms with Crippen molar-refractivity contribution in [2.45, 2.75) is 51.0 Å². The Balaban J connectivity index is 2.36. The highest BCUT2D eigenvalue weighted by atomic mass is 16.4. The Morgan fingerprint density at radius 1 is 1.29 bits per heavy atom. The molecule has 1 atom stereocenters. The third-order valence-electron chi connectivity index (χ3n) is 3.29. The van der Waals surface area contributed by atoms with E-state index in [1.54, 1.807) is 0 Å². The first-order chi connectivity index (χ1) is 8.15. The molecule has 98 valence electrons. The minimum Gasteiger partial charge on any atom is -0.480 e. The molecule has 17 heavy (non-hydrogen) atoms. The lowest BCUT2D eigenvalue weighted by Crippen LogP contribution is -2.43. The standard InChI is InChI=1S/C12H22N2O3/c13-8-4-3-7-10(12(16)17)14-11(15)9-5-1-2-6-9/h9-10H,1-8,13H2,(H,14,15)(H,16,17)/t10-/m0/s1. The molecule has 0 spiro atoms. The van der Waals surface area contributed by atoms with Gasteiger partial charge in [-0.15, -0.1) is 0 Å². The summed E-state index contributed by atoms with van der Waals surface area (Å²) in [6, 6.07) is -0.755. The van der Waals surface area contributed by atoms with Crippen LogP contribution in [0.15, 0.2) is 0 Å². The Hall–Kier alpha value is -1.10. The number of nitrogens with one attached hydrogen (secondary N) is 1. The lowest BCUT2D eigenvalue weighted by Gasteiger charge is -2.17. The fourth-order valence-corrected chi connectivity index (χ4v) is 2.23. The van der Waals surface area contributed by atoms with Gasteiger partial charge >= 0.3 is 5.97 Å². The highest BCUT2D eigenvalue weighted by Gasteiger charge is 2.26. The first kappa shape index (κ1) is 14.0. The minimum atomic E-state index is -0.951. The van der Waals surface area contributed by atoms with Crippen molar-refractivity contribution < 1.29 is 14.7 Å². The van der Waals surface area contributed by atoms with E-state index in [1.165, 1.54) is 0 Å². The summed E-state index contributed by atoms with van der Waals surface area (Å²) in [5, 5.41) is 11.7. The van der Waals surface area contributed by atoms with Gasteiger partial charge in [-0.3, -0.25) is 4.79 Å². The van der Waals surface area contributed by atoms with Crippen LogP contribution in [0, 0.1) is 5.92 Å². The number of unbranched alkanes of at least 4 members (excludes halogenated alkanes) is 1. The number of amides is 1. The van der Waals surface area contributed by atoms with Crippen molar-refractivity contribution >= 4 is 11.9 Å². The average molecular weight is 242 g/mol. The second-order valence-corrected chi connectivity index (χ2v) is 4.67. The van der Waals surface area contributed by atoms with Gasteiger partial charge in [-0.2, -0.15) is 0 Å². The summed E-state index contributed by atoms with van der Waals surface area (Å²) < 4.78 is 0. The molecule has 1 fully saturated rings. The molecule has 0 saturated heterocycles. The molecule has 1 aliphatic rings. The summed E-state index contributed by atoms with van der Waals surface area (Å²) in [5.41, 5.74) is 5.36. The summed E-state index contributed by atoms with van der Waals surface area (Å²) in [6.07, 6.45) is 5.92. The number of hydrogen-bond donors (Lipinski definition) is 3. The number of carbonyl (C=O) groups excluding carboxylic acids is 1. The summed E-state index contributed by atoms with van der Waals surface area (Å²) in [5.74, 6) is -1.03. The van der Waals surface area contributed by atoms with Crippen LogP contribution < -0.4 is 11.1 Å². The Morgan fingerprint density at radius 2 is 1.94 bits per heavy atom. The molecule has 4 N–H and O–H groups in total. The van der Waals surface area contributed by atoms with E-state index < -0.39 is 12.0 Å². The maximum atomic E-state index is 11.8. The number of aliphatic carboxylic acids is 1. The predicted octanol–water partition coefficient (Wildman–Crippen LogP) is 0.875. The van der Waals surface area contributed by atoms with Crippen molar-refractivity contribution in [2.75, 3.05) is 6.54 Å². The van der Waals surface area contributed by atoms with Crippen LogP contribution >= 0.6 is 0 Å². The van der Waals surface area contributed by atoms with Gasteiger partial charge < -0.3 is 16.2 Å². The van der Waals surface area contributed by atoms with E-state index in [-0.39, 0.29) is 11.8 Å². The number of carboxylic acid groups (broad SMARTS) is 1. The molecule has 0 aromatic carbocycles. The van der Waals surface area contributed by atoms with Crippen LogP contribution in [0.5, 0.6) is 0 Å². The van der Waals surface area contributed by atoms with Crippen LogP contribution in [0.4, 0.5) is 0 Å². The van der Waals surface area contributed by atoms with E-state index in [9.17, 15) is 9.59 Å². The van der Waals surface area contributed by atoms with Gasteiger partial charge in [0.2, 0.25) is 5.91 Å². The molecular weight excluding hydrogens is 220 g/mol. The lowest BCUT2D eigenvalue weighted by molar-refractivity contribution is -0.142. The largest absolute Gasteiger partial charge is 0.480 e. The number of hydrogen-bond acceptors (Lipinski definition) is 3. The summed E-state index contributed by atoms with van der Waals surface area (Å²) >= 11 is 0. The van der Waals surface area contributed by atoms with Gasteiger partial charge in [0.1, 0.15) is 6.04 Å². The highest BCUT2D eigenvalue weighted by Crippen LogP contribution is 2.24. The van der Waals surface area contributed by atoms with Crippen LogP contribution in [-0.4, -0.2) is 29.6 Å². The molecule has 5 nitrogen and oxygen atoms in total.